The number of nitrogens with zero attached hydrogens (tertiary/aromatic N) is 4. The molecule has 1 aliphatic heterocycles. The maximum atomic E-state index is 6.27. The smallest absolute Gasteiger partial charge is 0.193 e. The number of benzene rings is 1. The number of anilines is 1. The topological polar surface area (TPSA) is 43.8 Å². The minimum atomic E-state index is 0.703. The van der Waals surface area contributed by atoms with Crippen molar-refractivity contribution >= 4 is 23.4 Å². The average molecular weight is 372 g/mol. The number of hydrogen-bond donors (Lipinski definition) is 1. The van der Waals surface area contributed by atoms with Crippen LogP contribution in [0.25, 0.3) is 0 Å². The van der Waals surface area contributed by atoms with Crippen LogP contribution in [0.1, 0.15) is 24.0 Å². The Balaban J connectivity index is 1.60. The zero-order valence-corrected chi connectivity index (χ0v) is 16.2. The van der Waals surface area contributed by atoms with Gasteiger partial charge in [-0.25, -0.2) is 4.98 Å². The quantitative estimate of drug-likeness (QED) is 0.645. The summed E-state index contributed by atoms with van der Waals surface area (Å²) in [6, 6.07) is 12.1. The summed E-state index contributed by atoms with van der Waals surface area (Å²) in [6.07, 6.45) is 4.40. The molecule has 3 rings (SSSR count). The molecule has 0 amide bonds. The molecule has 1 saturated heterocycles. The third-order valence-corrected chi connectivity index (χ3v) is 5.00. The average Bonchev–Trinajstić information content (AvgIpc) is 3.19. The second-order valence-corrected chi connectivity index (χ2v) is 6.97. The van der Waals surface area contributed by atoms with E-state index in [9.17, 15) is 0 Å². The lowest BCUT2D eigenvalue weighted by Crippen LogP contribution is -2.38. The van der Waals surface area contributed by atoms with Gasteiger partial charge >= 0.3 is 0 Å². The van der Waals surface area contributed by atoms with Crippen molar-refractivity contribution < 1.29 is 0 Å². The van der Waals surface area contributed by atoms with Gasteiger partial charge in [-0.1, -0.05) is 29.8 Å². The molecule has 1 aliphatic rings. The fourth-order valence-electron chi connectivity index (χ4n) is 3.21. The summed E-state index contributed by atoms with van der Waals surface area (Å²) in [6.45, 7) is 3.62. The summed E-state index contributed by atoms with van der Waals surface area (Å²) < 4.78 is 0. The third-order valence-electron chi connectivity index (χ3n) is 4.63. The van der Waals surface area contributed by atoms with Gasteiger partial charge in [0.25, 0.3) is 0 Å². The Kier molecular flexibility index (Phi) is 6.34. The molecule has 26 heavy (non-hydrogen) atoms. The molecule has 5 nitrogen and oxygen atoms in total. The minimum Gasteiger partial charge on any atom is -0.357 e. The maximum absolute atomic E-state index is 6.27. The molecule has 2 aromatic rings. The van der Waals surface area contributed by atoms with E-state index < -0.39 is 0 Å². The molecular formula is C20H26ClN5. The van der Waals surface area contributed by atoms with Crippen molar-refractivity contribution in [2.24, 2.45) is 4.99 Å². The van der Waals surface area contributed by atoms with Crippen molar-refractivity contribution in [2.75, 3.05) is 32.1 Å². The molecule has 0 saturated carbocycles. The van der Waals surface area contributed by atoms with Crippen LogP contribution in [-0.2, 0) is 13.1 Å². The number of halogens is 1. The van der Waals surface area contributed by atoms with Crippen molar-refractivity contribution in [3.63, 3.8) is 0 Å². The van der Waals surface area contributed by atoms with E-state index in [1.807, 2.05) is 43.6 Å². The summed E-state index contributed by atoms with van der Waals surface area (Å²) >= 11 is 6.27. The first-order chi connectivity index (χ1) is 12.7. The zero-order valence-electron chi connectivity index (χ0n) is 15.5. The highest BCUT2D eigenvalue weighted by Gasteiger charge is 2.14. The highest BCUT2D eigenvalue weighted by Crippen LogP contribution is 2.19. The number of pyridine rings is 1. The van der Waals surface area contributed by atoms with E-state index in [2.05, 4.69) is 31.2 Å². The fourth-order valence-corrected chi connectivity index (χ4v) is 3.41. The summed E-state index contributed by atoms with van der Waals surface area (Å²) in [5, 5.41) is 4.21. The molecule has 1 aromatic heterocycles. The Hall–Kier alpha value is -2.27. The van der Waals surface area contributed by atoms with Gasteiger partial charge in [-0.15, -0.1) is 0 Å². The van der Waals surface area contributed by atoms with E-state index in [-0.39, 0.29) is 0 Å². The lowest BCUT2D eigenvalue weighted by molar-refractivity contribution is 0.476. The molecule has 0 aliphatic carbocycles. The Morgan fingerprint density at radius 3 is 2.77 bits per heavy atom. The van der Waals surface area contributed by atoms with Gasteiger partial charge in [-0.2, -0.15) is 0 Å². The first-order valence-electron chi connectivity index (χ1n) is 9.02. The van der Waals surface area contributed by atoms with Gasteiger partial charge < -0.3 is 15.1 Å². The van der Waals surface area contributed by atoms with E-state index in [4.69, 9.17) is 11.6 Å². The largest absolute Gasteiger partial charge is 0.357 e. The molecule has 2 heterocycles. The molecular weight excluding hydrogens is 346 g/mol. The van der Waals surface area contributed by atoms with Crippen LogP contribution in [0.5, 0.6) is 0 Å². The van der Waals surface area contributed by atoms with Crippen LogP contribution >= 0.6 is 11.6 Å². The molecule has 1 N–H and O–H groups in total. The number of nitrogens with one attached hydrogen (secondary N) is 1. The van der Waals surface area contributed by atoms with Gasteiger partial charge in [0.15, 0.2) is 5.96 Å². The number of aromatic nitrogens is 1. The molecule has 1 aromatic carbocycles. The van der Waals surface area contributed by atoms with Crippen molar-refractivity contribution in [1.29, 1.82) is 0 Å². The molecule has 6 heteroatoms. The molecule has 0 atom stereocenters. The number of hydrogen-bond acceptors (Lipinski definition) is 3. The second-order valence-electron chi connectivity index (χ2n) is 6.56. The fraction of sp³-hybridized carbons (Fsp3) is 0.400. The van der Waals surface area contributed by atoms with E-state index in [1.54, 1.807) is 7.05 Å². The number of guanidine groups is 1. The van der Waals surface area contributed by atoms with Gasteiger partial charge in [-0.05, 0) is 42.2 Å². The Morgan fingerprint density at radius 1 is 1.27 bits per heavy atom. The van der Waals surface area contributed by atoms with E-state index >= 15 is 0 Å². The van der Waals surface area contributed by atoms with E-state index in [0.717, 1.165) is 35.5 Å². The Labute approximate surface area is 160 Å². The van der Waals surface area contributed by atoms with Gasteiger partial charge in [0.2, 0.25) is 0 Å². The molecule has 0 radical (unpaired) electrons. The van der Waals surface area contributed by atoms with Crippen molar-refractivity contribution in [2.45, 2.75) is 25.9 Å². The van der Waals surface area contributed by atoms with Gasteiger partial charge in [-0.3, -0.25) is 4.99 Å². The monoisotopic (exact) mass is 371 g/mol. The van der Waals surface area contributed by atoms with Crippen LogP contribution in [0.15, 0.2) is 47.6 Å². The van der Waals surface area contributed by atoms with Crippen molar-refractivity contribution in [3.05, 3.63) is 58.7 Å². The van der Waals surface area contributed by atoms with Gasteiger partial charge in [0.05, 0.1) is 0 Å². The highest BCUT2D eigenvalue weighted by molar-refractivity contribution is 6.31. The van der Waals surface area contributed by atoms with Crippen LogP contribution in [-0.4, -0.2) is 43.0 Å². The predicted octanol–water partition coefficient (Wildman–Crippen LogP) is 3.54. The lowest BCUT2D eigenvalue weighted by atomic mass is 10.2. The maximum Gasteiger partial charge on any atom is 0.193 e. The molecule has 0 unspecified atom stereocenters. The van der Waals surface area contributed by atoms with Crippen molar-refractivity contribution in [1.82, 2.24) is 15.2 Å². The van der Waals surface area contributed by atoms with Gasteiger partial charge in [0.1, 0.15) is 5.82 Å². The van der Waals surface area contributed by atoms with Crippen LogP contribution < -0.4 is 10.2 Å². The molecule has 0 bridgehead atoms. The van der Waals surface area contributed by atoms with Crippen molar-refractivity contribution in [3.8, 4) is 0 Å². The van der Waals surface area contributed by atoms with Crippen LogP contribution in [0.4, 0.5) is 5.82 Å². The standard InChI is InChI=1S/C20H26ClN5/c1-22-20(25(2)15-17-7-3-4-8-18(17)21)24-14-16-9-10-23-19(13-16)26-11-5-6-12-26/h3-4,7-10,13H,5-6,11-12,14-15H2,1-2H3,(H,22,24). The number of rotatable bonds is 5. The lowest BCUT2D eigenvalue weighted by Gasteiger charge is -2.23. The predicted molar refractivity (Wildman–Crippen MR) is 109 cm³/mol. The van der Waals surface area contributed by atoms with Crippen LogP contribution in [0.2, 0.25) is 5.02 Å². The summed E-state index contributed by atoms with van der Waals surface area (Å²) in [5.74, 6) is 1.91. The second kappa shape index (κ2) is 8.90. The molecule has 138 valence electrons. The molecule has 1 fully saturated rings. The van der Waals surface area contributed by atoms with Crippen LogP contribution in [0, 0.1) is 0 Å². The van der Waals surface area contributed by atoms with Gasteiger partial charge in [0, 0.05) is 51.5 Å². The van der Waals surface area contributed by atoms with E-state index in [0.29, 0.717) is 13.1 Å². The highest BCUT2D eigenvalue weighted by atomic mass is 35.5. The zero-order chi connectivity index (χ0) is 18.4. The summed E-state index contributed by atoms with van der Waals surface area (Å²) in [7, 11) is 3.81. The SMILES string of the molecule is CN=C(NCc1ccnc(N2CCCC2)c1)N(C)Cc1ccccc1Cl. The Bertz CT molecular complexity index is 755. The molecule has 0 spiro atoms. The van der Waals surface area contributed by atoms with Crippen LogP contribution in [0.3, 0.4) is 0 Å². The number of aliphatic imine (C=N–C) groups is 1. The first-order valence-corrected chi connectivity index (χ1v) is 9.40. The summed E-state index contributed by atoms with van der Waals surface area (Å²) in [5.41, 5.74) is 2.29. The summed E-state index contributed by atoms with van der Waals surface area (Å²) in [4.78, 5) is 13.3. The normalized spacial score (nSPS) is 14.6. The van der Waals surface area contributed by atoms with E-state index in [1.165, 1.54) is 18.4 Å². The Morgan fingerprint density at radius 2 is 2.04 bits per heavy atom. The minimum absolute atomic E-state index is 0.703. The third kappa shape index (κ3) is 4.67. The first kappa shape index (κ1) is 18.5.